The van der Waals surface area contributed by atoms with Crippen LogP contribution in [0.1, 0.15) is 25.0 Å². The number of para-hydroxylation sites is 1. The van der Waals surface area contributed by atoms with Crippen LogP contribution in [-0.4, -0.2) is 19.6 Å². The molecule has 2 aromatic rings. The first kappa shape index (κ1) is 19.0. The minimum absolute atomic E-state index is 0.199. The number of thioether (sulfide) groups is 1. The summed E-state index contributed by atoms with van der Waals surface area (Å²) >= 11 is 6.77. The highest BCUT2D eigenvalue weighted by Crippen LogP contribution is 2.37. The molecule has 144 valence electrons. The van der Waals surface area contributed by atoms with Gasteiger partial charge in [-0.1, -0.05) is 60.4 Å². The minimum Gasteiger partial charge on any atom is -0.283 e. The Morgan fingerprint density at radius 2 is 1.93 bits per heavy atom. The lowest BCUT2D eigenvalue weighted by atomic mass is 9.94. The molecule has 0 saturated carbocycles. The summed E-state index contributed by atoms with van der Waals surface area (Å²) in [5, 5.41) is 0. The number of allylic oxidation sites excluding steroid dienone is 3. The zero-order chi connectivity index (χ0) is 19.8. The van der Waals surface area contributed by atoms with Crippen molar-refractivity contribution in [2.45, 2.75) is 26.2 Å². The van der Waals surface area contributed by atoms with Crippen LogP contribution in [0.3, 0.4) is 0 Å². The first-order chi connectivity index (χ1) is 13.5. The number of benzene rings is 1. The van der Waals surface area contributed by atoms with Crippen molar-refractivity contribution < 1.29 is 4.79 Å². The van der Waals surface area contributed by atoms with E-state index in [0.717, 1.165) is 24.9 Å². The number of hydrogen-bond acceptors (Lipinski definition) is 4. The van der Waals surface area contributed by atoms with Crippen molar-refractivity contribution in [1.29, 1.82) is 0 Å². The van der Waals surface area contributed by atoms with Crippen LogP contribution in [0.5, 0.6) is 0 Å². The number of carbonyl (C=O) groups is 1. The summed E-state index contributed by atoms with van der Waals surface area (Å²) in [6.45, 7) is 1.84. The molecule has 1 aliphatic carbocycles. The van der Waals surface area contributed by atoms with Gasteiger partial charge in [-0.2, -0.15) is 0 Å². The van der Waals surface area contributed by atoms with Gasteiger partial charge in [-0.05, 0) is 44.2 Å². The molecule has 0 spiro atoms. The number of aromatic nitrogens is 2. The van der Waals surface area contributed by atoms with Crippen molar-refractivity contribution in [3.63, 3.8) is 0 Å². The van der Waals surface area contributed by atoms with Crippen LogP contribution in [0.15, 0.2) is 58.3 Å². The van der Waals surface area contributed by atoms with Gasteiger partial charge < -0.3 is 0 Å². The summed E-state index contributed by atoms with van der Waals surface area (Å²) in [5.74, 6) is 0.146. The fourth-order valence-corrected chi connectivity index (χ4v) is 5.00. The van der Waals surface area contributed by atoms with E-state index in [1.54, 1.807) is 9.36 Å². The first-order valence-electron chi connectivity index (χ1n) is 9.26. The van der Waals surface area contributed by atoms with E-state index in [9.17, 15) is 9.59 Å². The van der Waals surface area contributed by atoms with E-state index in [4.69, 9.17) is 12.2 Å². The summed E-state index contributed by atoms with van der Waals surface area (Å²) in [6.07, 6.45) is 9.36. The average molecular weight is 412 g/mol. The predicted octanol–water partition coefficient (Wildman–Crippen LogP) is 4.09. The molecular weight excluding hydrogens is 390 g/mol. The Hall–Kier alpha value is -2.38. The SMILES string of the molecule is Cc1c(N2C(=O)/C(=C\[C@H]3CC=CCC3)SC2=S)c(=O)n(-c2ccccc2)n1C. The van der Waals surface area contributed by atoms with Crippen LogP contribution in [0.2, 0.25) is 0 Å². The van der Waals surface area contributed by atoms with Crippen LogP contribution < -0.4 is 10.5 Å². The van der Waals surface area contributed by atoms with Crippen LogP contribution in [0.25, 0.3) is 5.69 Å². The lowest BCUT2D eigenvalue weighted by Gasteiger charge is -2.14. The predicted molar refractivity (Wildman–Crippen MR) is 118 cm³/mol. The average Bonchev–Trinajstić information content (AvgIpc) is 3.09. The number of nitrogens with zero attached hydrogens (tertiary/aromatic N) is 3. The lowest BCUT2D eigenvalue weighted by molar-refractivity contribution is -0.113. The van der Waals surface area contributed by atoms with Gasteiger partial charge in [0.25, 0.3) is 11.5 Å². The summed E-state index contributed by atoms with van der Waals surface area (Å²) in [7, 11) is 1.81. The molecule has 0 radical (unpaired) electrons. The van der Waals surface area contributed by atoms with E-state index < -0.39 is 0 Å². The number of rotatable bonds is 3. The largest absolute Gasteiger partial charge is 0.296 e. The smallest absolute Gasteiger partial charge is 0.283 e. The van der Waals surface area contributed by atoms with E-state index in [-0.39, 0.29) is 11.5 Å². The second-order valence-electron chi connectivity index (χ2n) is 6.99. The topological polar surface area (TPSA) is 47.2 Å². The number of amides is 1. The van der Waals surface area contributed by atoms with Gasteiger partial charge in [0.2, 0.25) is 0 Å². The summed E-state index contributed by atoms with van der Waals surface area (Å²) in [5.41, 5.74) is 1.54. The van der Waals surface area contributed by atoms with Gasteiger partial charge in [-0.15, -0.1) is 0 Å². The van der Waals surface area contributed by atoms with E-state index >= 15 is 0 Å². The van der Waals surface area contributed by atoms with Crippen molar-refractivity contribution >= 4 is 39.9 Å². The summed E-state index contributed by atoms with van der Waals surface area (Å²) in [4.78, 5) is 28.4. The van der Waals surface area contributed by atoms with Crippen molar-refractivity contribution in [2.24, 2.45) is 13.0 Å². The highest BCUT2D eigenvalue weighted by atomic mass is 32.2. The quantitative estimate of drug-likeness (QED) is 0.434. The fourth-order valence-electron chi connectivity index (χ4n) is 3.67. The second kappa shape index (κ2) is 7.56. The van der Waals surface area contributed by atoms with Gasteiger partial charge in [-0.25, -0.2) is 4.68 Å². The van der Waals surface area contributed by atoms with Crippen LogP contribution in [0.4, 0.5) is 5.69 Å². The molecule has 0 unspecified atom stereocenters. The number of carbonyl (C=O) groups excluding carboxylic acids is 1. The third kappa shape index (κ3) is 3.18. The zero-order valence-corrected chi connectivity index (χ0v) is 17.4. The Balaban J connectivity index is 1.74. The highest BCUT2D eigenvalue weighted by molar-refractivity contribution is 8.27. The zero-order valence-electron chi connectivity index (χ0n) is 15.8. The van der Waals surface area contributed by atoms with Crippen LogP contribution in [-0.2, 0) is 11.8 Å². The van der Waals surface area contributed by atoms with E-state index in [1.165, 1.54) is 16.7 Å². The van der Waals surface area contributed by atoms with Crippen molar-refractivity contribution in [3.8, 4) is 5.69 Å². The molecule has 1 amide bonds. The Morgan fingerprint density at radius 3 is 2.61 bits per heavy atom. The van der Waals surface area contributed by atoms with Crippen LogP contribution in [0, 0.1) is 12.8 Å². The molecule has 1 aromatic heterocycles. The molecule has 0 bridgehead atoms. The molecule has 1 aromatic carbocycles. The van der Waals surface area contributed by atoms with E-state index in [1.807, 2.05) is 50.4 Å². The molecule has 28 heavy (non-hydrogen) atoms. The fraction of sp³-hybridized carbons (Fsp3) is 0.286. The van der Waals surface area contributed by atoms with Gasteiger partial charge in [-0.3, -0.25) is 19.2 Å². The maximum atomic E-state index is 13.2. The van der Waals surface area contributed by atoms with Gasteiger partial charge in [0.05, 0.1) is 16.3 Å². The van der Waals surface area contributed by atoms with E-state index in [0.29, 0.717) is 26.5 Å². The summed E-state index contributed by atoms with van der Waals surface area (Å²) < 4.78 is 3.74. The standard InChI is InChI=1S/C21H21N3O2S2/c1-14-18(20(26)24(22(14)2)16-11-7-4-8-12-16)23-19(25)17(28-21(23)27)13-15-9-5-3-6-10-15/h3-5,7-8,11-13,15H,6,9-10H2,1-2H3/b17-13+/t15-/m0/s1. The van der Waals surface area contributed by atoms with Crippen molar-refractivity contribution in [3.05, 3.63) is 69.5 Å². The number of hydrogen-bond donors (Lipinski definition) is 0. The molecule has 0 N–H and O–H groups in total. The molecule has 5 nitrogen and oxygen atoms in total. The lowest BCUT2D eigenvalue weighted by Crippen LogP contribution is -2.33. The Bertz CT molecular complexity index is 1060. The van der Waals surface area contributed by atoms with Gasteiger partial charge >= 0.3 is 0 Å². The normalized spacial score (nSPS) is 21.1. The first-order valence-corrected chi connectivity index (χ1v) is 10.5. The molecule has 2 heterocycles. The maximum absolute atomic E-state index is 13.2. The summed E-state index contributed by atoms with van der Waals surface area (Å²) in [6, 6.07) is 9.39. The monoisotopic (exact) mass is 411 g/mol. The molecular formula is C21H21N3O2S2. The van der Waals surface area contributed by atoms with Crippen molar-refractivity contribution in [2.75, 3.05) is 4.90 Å². The second-order valence-corrected chi connectivity index (χ2v) is 8.67. The third-order valence-electron chi connectivity index (χ3n) is 5.24. The maximum Gasteiger partial charge on any atom is 0.296 e. The molecule has 7 heteroatoms. The Morgan fingerprint density at radius 1 is 1.18 bits per heavy atom. The van der Waals surface area contributed by atoms with Gasteiger partial charge in [0.1, 0.15) is 5.69 Å². The Kier molecular flexibility index (Phi) is 5.12. The van der Waals surface area contributed by atoms with Gasteiger partial charge in [0.15, 0.2) is 4.32 Å². The van der Waals surface area contributed by atoms with Crippen LogP contribution >= 0.6 is 24.0 Å². The molecule has 2 aliphatic rings. The van der Waals surface area contributed by atoms with E-state index in [2.05, 4.69) is 12.2 Å². The van der Waals surface area contributed by atoms with Gasteiger partial charge in [0, 0.05) is 7.05 Å². The molecule has 1 aliphatic heterocycles. The molecule has 1 atom stereocenters. The number of anilines is 1. The Labute approximate surface area is 173 Å². The molecule has 4 rings (SSSR count). The third-order valence-corrected chi connectivity index (χ3v) is 6.56. The highest BCUT2D eigenvalue weighted by Gasteiger charge is 2.38. The molecule has 1 saturated heterocycles. The minimum atomic E-state index is -0.246. The molecule has 1 fully saturated rings. The van der Waals surface area contributed by atoms with Crippen molar-refractivity contribution in [1.82, 2.24) is 9.36 Å². The number of thiocarbonyl (C=S) groups is 1.